The lowest BCUT2D eigenvalue weighted by Crippen LogP contribution is -2.34. The summed E-state index contributed by atoms with van der Waals surface area (Å²) in [4.78, 5) is 16.9. The van der Waals surface area contributed by atoms with Crippen LogP contribution in [0.5, 0.6) is 11.9 Å². The van der Waals surface area contributed by atoms with Gasteiger partial charge in [0.1, 0.15) is 18.3 Å². The van der Waals surface area contributed by atoms with Crippen molar-refractivity contribution >= 4 is 38.2 Å². The number of aliphatic hydroxyl groups is 1. The van der Waals surface area contributed by atoms with Gasteiger partial charge in [0.2, 0.25) is 5.88 Å². The van der Waals surface area contributed by atoms with E-state index in [1.807, 2.05) is 24.3 Å². The lowest BCUT2D eigenvalue weighted by Gasteiger charge is -2.15. The number of H-pyrrole nitrogens is 1. The highest BCUT2D eigenvalue weighted by Crippen LogP contribution is 2.36. The van der Waals surface area contributed by atoms with Crippen LogP contribution < -0.4 is 9.47 Å². The molecule has 6 rings (SSSR count). The van der Waals surface area contributed by atoms with E-state index in [1.165, 1.54) is 7.11 Å². The summed E-state index contributed by atoms with van der Waals surface area (Å²) in [5.74, 6) is 0.346. The molecule has 2 aliphatic rings. The molecule has 39 heavy (non-hydrogen) atoms. The summed E-state index contributed by atoms with van der Waals surface area (Å²) in [5.41, 5.74) is 4.22. The molecule has 3 aromatic heterocycles. The number of nitrogens with one attached hydrogen (secondary N) is 1. The fourth-order valence-electron chi connectivity index (χ4n) is 4.71. The molecule has 1 aromatic carbocycles. The van der Waals surface area contributed by atoms with E-state index in [0.29, 0.717) is 44.7 Å². The number of fused-ring (bicyclic) bond motifs is 2. The second-order valence-corrected chi connectivity index (χ2v) is 12.6. The van der Waals surface area contributed by atoms with Crippen LogP contribution in [0.25, 0.3) is 33.7 Å². The maximum atomic E-state index is 12.0. The molecular weight excluding hydrogens is 546 g/mol. The minimum absolute atomic E-state index is 0.215. The first-order valence-corrected chi connectivity index (χ1v) is 14.9. The Kier molecular flexibility index (Phi) is 6.68. The zero-order valence-corrected chi connectivity index (χ0v) is 22.9. The molecule has 0 spiro atoms. The molecule has 0 radical (unpaired) electrons. The second kappa shape index (κ2) is 10.0. The van der Waals surface area contributed by atoms with E-state index in [2.05, 4.69) is 24.3 Å². The molecular formula is C26H26ClN5O6S. The summed E-state index contributed by atoms with van der Waals surface area (Å²) in [6, 6.07) is 13.0. The summed E-state index contributed by atoms with van der Waals surface area (Å²) in [6.45, 7) is 0.499. The van der Waals surface area contributed by atoms with Crippen molar-refractivity contribution in [3.8, 4) is 34.4 Å². The predicted octanol–water partition coefficient (Wildman–Crippen LogP) is 3.61. The molecule has 0 unspecified atom stereocenters. The van der Waals surface area contributed by atoms with Crippen molar-refractivity contribution in [3.05, 3.63) is 47.5 Å². The van der Waals surface area contributed by atoms with Gasteiger partial charge >= 0.3 is 0 Å². The maximum absolute atomic E-state index is 12.0. The summed E-state index contributed by atoms with van der Waals surface area (Å²) in [7, 11) is -0.717. The van der Waals surface area contributed by atoms with Gasteiger partial charge in [-0.15, -0.1) is 0 Å². The van der Waals surface area contributed by atoms with Crippen LogP contribution in [0.2, 0.25) is 5.02 Å². The van der Waals surface area contributed by atoms with Gasteiger partial charge in [-0.1, -0.05) is 23.7 Å². The van der Waals surface area contributed by atoms with Crippen molar-refractivity contribution in [1.82, 2.24) is 19.9 Å². The molecule has 2 saturated heterocycles. The van der Waals surface area contributed by atoms with Crippen LogP contribution in [-0.2, 0) is 19.2 Å². The van der Waals surface area contributed by atoms with Gasteiger partial charge in [-0.3, -0.25) is 0 Å². The van der Waals surface area contributed by atoms with Crippen LogP contribution in [-0.4, -0.2) is 86.5 Å². The van der Waals surface area contributed by atoms with E-state index < -0.39 is 28.0 Å². The van der Waals surface area contributed by atoms with Gasteiger partial charge in [0.25, 0.3) is 6.01 Å². The molecule has 4 atom stereocenters. The number of hydrogen-bond donors (Lipinski definition) is 2. The molecule has 11 nitrogen and oxygen atoms in total. The first-order valence-electron chi connectivity index (χ1n) is 12.2. The largest absolute Gasteiger partial charge is 0.480 e. The normalized spacial score (nSPS) is 22.7. The minimum Gasteiger partial charge on any atom is -0.480 e. The summed E-state index contributed by atoms with van der Waals surface area (Å²) in [5, 5.41) is 10.3. The van der Waals surface area contributed by atoms with Crippen molar-refractivity contribution in [3.63, 3.8) is 0 Å². The zero-order valence-electron chi connectivity index (χ0n) is 21.3. The van der Waals surface area contributed by atoms with Crippen LogP contribution in [0.4, 0.5) is 5.69 Å². The average molecular weight is 572 g/mol. The fraction of sp³-hybridized carbons (Fsp3) is 0.346. The van der Waals surface area contributed by atoms with E-state index in [0.717, 1.165) is 5.56 Å². The van der Waals surface area contributed by atoms with Gasteiger partial charge in [0.05, 0.1) is 53.5 Å². The quantitative estimate of drug-likeness (QED) is 0.355. The van der Waals surface area contributed by atoms with Gasteiger partial charge < -0.3 is 29.0 Å². The lowest BCUT2D eigenvalue weighted by atomic mass is 10.1. The van der Waals surface area contributed by atoms with Crippen LogP contribution >= 0.6 is 11.6 Å². The number of aromatic nitrogens is 4. The Hall–Kier alpha value is -3.29. The Morgan fingerprint density at radius 2 is 1.85 bits per heavy atom. The van der Waals surface area contributed by atoms with E-state index in [9.17, 15) is 9.32 Å². The van der Waals surface area contributed by atoms with Crippen molar-refractivity contribution in [2.45, 2.75) is 24.4 Å². The van der Waals surface area contributed by atoms with Gasteiger partial charge in [-0.05, 0) is 30.3 Å². The van der Waals surface area contributed by atoms with Crippen molar-refractivity contribution in [2.75, 3.05) is 32.8 Å². The van der Waals surface area contributed by atoms with Gasteiger partial charge in [0, 0.05) is 27.8 Å². The molecule has 0 bridgehead atoms. The molecule has 2 N–H and O–H groups in total. The molecule has 2 aliphatic heterocycles. The molecule has 5 heterocycles. The monoisotopic (exact) mass is 571 g/mol. The zero-order chi connectivity index (χ0) is 27.3. The smallest absolute Gasteiger partial charge is 0.296 e. The summed E-state index contributed by atoms with van der Waals surface area (Å²) >= 11 is 6.63. The fourth-order valence-corrected chi connectivity index (χ4v) is 5.60. The number of ether oxygens (including phenoxy) is 4. The first-order chi connectivity index (χ1) is 18.7. The summed E-state index contributed by atoms with van der Waals surface area (Å²) in [6.07, 6.45) is 1.35. The van der Waals surface area contributed by atoms with Crippen molar-refractivity contribution in [2.24, 2.45) is 4.36 Å². The standard InChI is InChI=1S/C26H26ClN5O6S/c1-35-25-15(8-9-17(28-25)13-4-6-14(7-5-13)32-39(2,3)34)21-16(27)10-18-24(30-21)31-26(29-18)38-20-12-37-22-19(33)11-36-23(20)22/h4-10,19-20,22-23,33H,11-12H2,1-3H3,(H,29,30,31)/t19-,20-,22-,23-/m1/s1. The van der Waals surface area contributed by atoms with Crippen LogP contribution in [0, 0.1) is 0 Å². The highest BCUT2D eigenvalue weighted by atomic mass is 35.5. The number of rotatable bonds is 6. The lowest BCUT2D eigenvalue weighted by molar-refractivity contribution is 0.00706. The Bertz CT molecular complexity index is 1660. The summed E-state index contributed by atoms with van der Waals surface area (Å²) < 4.78 is 39.0. The molecule has 0 saturated carbocycles. The topological polar surface area (TPSA) is 141 Å². The molecule has 4 aromatic rings. The number of pyridine rings is 2. The third kappa shape index (κ3) is 5.18. The van der Waals surface area contributed by atoms with Crippen LogP contribution in [0.1, 0.15) is 0 Å². The minimum atomic E-state index is -2.25. The van der Waals surface area contributed by atoms with Crippen LogP contribution in [0.3, 0.4) is 0 Å². The highest BCUT2D eigenvalue weighted by Gasteiger charge is 2.48. The number of aromatic amines is 1. The first kappa shape index (κ1) is 26.0. The van der Waals surface area contributed by atoms with E-state index >= 15 is 0 Å². The number of methoxy groups -OCH3 is 1. The van der Waals surface area contributed by atoms with Gasteiger partial charge in [-0.25, -0.2) is 14.2 Å². The molecule has 204 valence electrons. The van der Waals surface area contributed by atoms with E-state index in [1.54, 1.807) is 30.7 Å². The van der Waals surface area contributed by atoms with Gasteiger partial charge in [-0.2, -0.15) is 9.35 Å². The number of nitrogens with zero attached hydrogens (tertiary/aromatic N) is 4. The maximum Gasteiger partial charge on any atom is 0.296 e. The number of imidazole rings is 1. The Labute approximate surface area is 229 Å². The molecule has 13 heteroatoms. The number of halogens is 1. The SMILES string of the molecule is COc1nc(-c2ccc(N=S(C)(C)=O)cc2)ccc1-c1nc2nc(O[C@@H]3CO[C@H]4[C@@H]3OC[C@H]4O)[nH]c2cc1Cl. The highest BCUT2D eigenvalue weighted by molar-refractivity contribution is 7.92. The van der Waals surface area contributed by atoms with E-state index in [-0.39, 0.29) is 25.3 Å². The van der Waals surface area contributed by atoms with Gasteiger partial charge in [0.15, 0.2) is 11.8 Å². The Morgan fingerprint density at radius 3 is 2.59 bits per heavy atom. The Morgan fingerprint density at radius 1 is 1.08 bits per heavy atom. The van der Waals surface area contributed by atoms with E-state index in [4.69, 9.17) is 30.5 Å². The molecule has 2 fully saturated rings. The van der Waals surface area contributed by atoms with Crippen molar-refractivity contribution < 1.29 is 28.3 Å². The molecule has 0 aliphatic carbocycles. The third-order valence-electron chi connectivity index (χ3n) is 6.45. The average Bonchev–Trinajstić information content (AvgIpc) is 3.59. The molecule has 0 amide bonds. The van der Waals surface area contributed by atoms with Crippen LogP contribution in [0.15, 0.2) is 46.8 Å². The number of hydrogen-bond acceptors (Lipinski definition) is 10. The number of benzene rings is 1. The second-order valence-electron chi connectivity index (χ2n) is 9.62. The Balaban J connectivity index is 1.28. The van der Waals surface area contributed by atoms with Crippen molar-refractivity contribution in [1.29, 1.82) is 0 Å². The third-order valence-corrected chi connectivity index (χ3v) is 7.39. The number of aliphatic hydroxyl groups excluding tert-OH is 1. The predicted molar refractivity (Wildman–Crippen MR) is 146 cm³/mol.